The Labute approximate surface area is 174 Å². The van der Waals surface area contributed by atoms with E-state index < -0.39 is 0 Å². The van der Waals surface area contributed by atoms with Crippen LogP contribution in [0.3, 0.4) is 0 Å². The second kappa shape index (κ2) is 6.52. The summed E-state index contributed by atoms with van der Waals surface area (Å²) in [5.74, 6) is 1.40. The van der Waals surface area contributed by atoms with E-state index >= 15 is 0 Å². The highest BCUT2D eigenvalue weighted by atomic mass is 32.1. The summed E-state index contributed by atoms with van der Waals surface area (Å²) in [6.07, 6.45) is 3.50. The van der Waals surface area contributed by atoms with E-state index in [1.165, 1.54) is 0 Å². The van der Waals surface area contributed by atoms with Crippen molar-refractivity contribution in [1.82, 2.24) is 14.8 Å². The molecule has 1 atom stereocenters. The minimum atomic E-state index is -0.0209. The van der Waals surface area contributed by atoms with Crippen molar-refractivity contribution < 1.29 is 4.79 Å². The maximum atomic E-state index is 13.1. The van der Waals surface area contributed by atoms with Gasteiger partial charge in [-0.15, -0.1) is 0 Å². The van der Waals surface area contributed by atoms with Crippen LogP contribution < -0.4 is 5.32 Å². The number of hydrogen-bond acceptors (Lipinski definition) is 5. The highest BCUT2D eigenvalue weighted by molar-refractivity contribution is 7.20. The van der Waals surface area contributed by atoms with Crippen molar-refractivity contribution in [2.75, 3.05) is 5.32 Å². The average Bonchev–Trinajstić information content (AvgIpc) is 3.21. The van der Waals surface area contributed by atoms with Gasteiger partial charge in [-0.3, -0.25) is 4.79 Å². The number of carbonyl (C=O) groups is 1. The molecule has 3 aromatic rings. The van der Waals surface area contributed by atoms with Gasteiger partial charge < -0.3 is 5.32 Å². The lowest BCUT2D eigenvalue weighted by molar-refractivity contribution is -0.118. The third kappa shape index (κ3) is 2.92. The molecule has 1 N–H and O–H groups in total. The number of ketones is 1. The Morgan fingerprint density at radius 2 is 2.07 bits per heavy atom. The quantitative estimate of drug-likeness (QED) is 0.602. The predicted octanol–water partition coefficient (Wildman–Crippen LogP) is 5.74. The van der Waals surface area contributed by atoms with Crippen LogP contribution in [0.25, 0.3) is 15.3 Å². The molecule has 6 heteroatoms. The maximum absolute atomic E-state index is 13.1. The number of nitrogens with one attached hydrogen (secondary N) is 1. The largest absolute Gasteiger partial charge is 0.343 e. The number of aryl methyl sites for hydroxylation is 1. The summed E-state index contributed by atoms with van der Waals surface area (Å²) in [4.78, 5) is 17.9. The van der Waals surface area contributed by atoms with Crippen LogP contribution in [0.2, 0.25) is 0 Å². The molecule has 0 amide bonds. The number of nitrogens with zero attached hydrogens (tertiary/aromatic N) is 3. The molecule has 2 aromatic heterocycles. The number of benzene rings is 1. The molecule has 5 nitrogen and oxygen atoms in total. The number of allylic oxidation sites excluding steroid dienone is 2. The van der Waals surface area contributed by atoms with E-state index in [4.69, 9.17) is 10.1 Å². The zero-order valence-corrected chi connectivity index (χ0v) is 18.2. The first-order chi connectivity index (χ1) is 13.9. The summed E-state index contributed by atoms with van der Waals surface area (Å²) in [7, 11) is 0. The lowest BCUT2D eigenvalue weighted by Gasteiger charge is -2.38. The van der Waals surface area contributed by atoms with Gasteiger partial charge in [-0.1, -0.05) is 50.7 Å². The molecule has 3 heterocycles. The fourth-order valence-corrected chi connectivity index (χ4v) is 5.81. The van der Waals surface area contributed by atoms with Crippen LogP contribution in [-0.4, -0.2) is 20.5 Å². The third-order valence-electron chi connectivity index (χ3n) is 6.03. The number of fused-ring (bicyclic) bond motifs is 2. The van der Waals surface area contributed by atoms with Crippen molar-refractivity contribution in [3.63, 3.8) is 0 Å². The van der Waals surface area contributed by atoms with Gasteiger partial charge in [0.2, 0.25) is 5.13 Å². The molecule has 0 spiro atoms. The average molecular weight is 407 g/mol. The van der Waals surface area contributed by atoms with Crippen molar-refractivity contribution in [2.24, 2.45) is 5.41 Å². The van der Waals surface area contributed by atoms with E-state index in [1.807, 2.05) is 22.9 Å². The highest BCUT2D eigenvalue weighted by Gasteiger charge is 2.42. The van der Waals surface area contributed by atoms with Gasteiger partial charge >= 0.3 is 0 Å². The van der Waals surface area contributed by atoms with Gasteiger partial charge in [-0.2, -0.15) is 9.78 Å². The van der Waals surface area contributed by atoms with Crippen LogP contribution in [0.15, 0.2) is 35.5 Å². The summed E-state index contributed by atoms with van der Waals surface area (Å²) >= 11 is 1.65. The maximum Gasteiger partial charge on any atom is 0.213 e. The molecule has 0 bridgehead atoms. The zero-order chi connectivity index (χ0) is 20.3. The summed E-state index contributed by atoms with van der Waals surface area (Å²) in [5, 5.41) is 9.37. The van der Waals surface area contributed by atoms with Crippen molar-refractivity contribution in [3.8, 4) is 5.13 Å². The number of carbonyl (C=O) groups excluding carboxylic acids is 1. The number of aromatic nitrogens is 3. The summed E-state index contributed by atoms with van der Waals surface area (Å²) in [5.41, 5.74) is 5.19. The summed E-state index contributed by atoms with van der Waals surface area (Å²) < 4.78 is 3.10. The van der Waals surface area contributed by atoms with E-state index in [-0.39, 0.29) is 11.3 Å². The van der Waals surface area contributed by atoms with Gasteiger partial charge in [0, 0.05) is 29.2 Å². The van der Waals surface area contributed by atoms with Crippen molar-refractivity contribution in [2.45, 2.75) is 59.3 Å². The van der Waals surface area contributed by atoms with E-state index in [0.29, 0.717) is 12.2 Å². The van der Waals surface area contributed by atoms with Crippen LogP contribution in [0.1, 0.15) is 63.6 Å². The highest BCUT2D eigenvalue weighted by Crippen LogP contribution is 2.49. The number of hydrogen-bond donors (Lipinski definition) is 1. The van der Waals surface area contributed by atoms with Gasteiger partial charge in [-0.05, 0) is 37.3 Å². The first kappa shape index (κ1) is 18.6. The van der Waals surface area contributed by atoms with E-state index in [9.17, 15) is 4.79 Å². The molecule has 29 heavy (non-hydrogen) atoms. The molecular formula is C23H26N4OS. The van der Waals surface area contributed by atoms with Gasteiger partial charge in [0.05, 0.1) is 15.9 Å². The molecule has 1 aliphatic heterocycles. The van der Waals surface area contributed by atoms with Crippen LogP contribution in [0, 0.1) is 12.3 Å². The predicted molar refractivity (Wildman–Crippen MR) is 118 cm³/mol. The summed E-state index contributed by atoms with van der Waals surface area (Å²) in [6, 6.07) is 8.18. The molecular weight excluding hydrogens is 380 g/mol. The number of anilines is 1. The molecule has 2 aliphatic rings. The molecule has 0 fully saturated rings. The molecule has 0 unspecified atom stereocenters. The Balaban J connectivity index is 1.68. The Morgan fingerprint density at radius 3 is 2.83 bits per heavy atom. The molecule has 0 saturated heterocycles. The fraction of sp³-hybridized carbons (Fsp3) is 0.435. The lowest BCUT2D eigenvalue weighted by atomic mass is 9.69. The normalized spacial score (nSPS) is 20.6. The van der Waals surface area contributed by atoms with E-state index in [2.05, 4.69) is 39.1 Å². The first-order valence-corrected chi connectivity index (χ1v) is 11.2. The van der Waals surface area contributed by atoms with Gasteiger partial charge in [-0.25, -0.2) is 4.98 Å². The Bertz CT molecular complexity index is 1130. The van der Waals surface area contributed by atoms with Crippen LogP contribution in [0.5, 0.6) is 0 Å². The van der Waals surface area contributed by atoms with E-state index in [1.54, 1.807) is 11.3 Å². The molecule has 1 aliphatic carbocycles. The van der Waals surface area contributed by atoms with E-state index in [0.717, 1.165) is 63.0 Å². The Kier molecular flexibility index (Phi) is 4.17. The molecule has 0 radical (unpaired) electrons. The SMILES string of the molecule is CCC[C@H]1C2=C(CC(C)(C)CC2=O)Nc2c1c(C)nn2-c1nc2ccccc2s1. The van der Waals surface area contributed by atoms with Gasteiger partial charge in [0.1, 0.15) is 5.82 Å². The topological polar surface area (TPSA) is 59.8 Å². The molecule has 150 valence electrons. The number of rotatable bonds is 3. The molecule has 5 rings (SSSR count). The molecule has 0 saturated carbocycles. The Morgan fingerprint density at radius 1 is 1.28 bits per heavy atom. The van der Waals surface area contributed by atoms with Gasteiger partial charge in [0.25, 0.3) is 0 Å². The van der Waals surface area contributed by atoms with Crippen LogP contribution >= 0.6 is 11.3 Å². The number of Topliss-reactive ketones (excluding diaryl/α,β-unsaturated/α-hetero) is 1. The molecule has 1 aromatic carbocycles. The van der Waals surface area contributed by atoms with Gasteiger partial charge in [0.15, 0.2) is 5.78 Å². The first-order valence-electron chi connectivity index (χ1n) is 10.4. The monoisotopic (exact) mass is 406 g/mol. The smallest absolute Gasteiger partial charge is 0.213 e. The second-order valence-corrected chi connectivity index (χ2v) is 10.0. The van der Waals surface area contributed by atoms with Crippen LogP contribution in [0.4, 0.5) is 5.82 Å². The van der Waals surface area contributed by atoms with Crippen molar-refractivity contribution >= 4 is 33.2 Å². The second-order valence-electron chi connectivity index (χ2n) is 9.02. The third-order valence-corrected chi connectivity index (χ3v) is 7.05. The number of para-hydroxylation sites is 1. The van der Waals surface area contributed by atoms with Crippen molar-refractivity contribution in [3.05, 3.63) is 46.8 Å². The fourth-order valence-electron chi connectivity index (χ4n) is 4.88. The summed E-state index contributed by atoms with van der Waals surface area (Å²) in [6.45, 7) is 8.59. The standard InChI is InChI=1S/C23H26N4OS/c1-5-8-14-19-13(2)26-27(22-25-15-9-6-7-10-18(15)29-22)21(19)24-16-11-23(3,4)12-17(28)20(14)16/h6-7,9-10,14,24H,5,8,11-12H2,1-4H3/t14-/m1/s1. The van der Waals surface area contributed by atoms with Crippen molar-refractivity contribution in [1.29, 1.82) is 0 Å². The Hall–Kier alpha value is -2.47. The lowest BCUT2D eigenvalue weighted by Crippen LogP contribution is -2.33. The minimum Gasteiger partial charge on any atom is -0.343 e. The number of thiazole rings is 1. The van der Waals surface area contributed by atoms with Crippen LogP contribution in [-0.2, 0) is 4.79 Å². The minimum absolute atomic E-state index is 0.0209. The zero-order valence-electron chi connectivity index (χ0n) is 17.4.